The lowest BCUT2D eigenvalue weighted by atomic mass is 9.79. The van der Waals surface area contributed by atoms with Gasteiger partial charge in [-0.1, -0.05) is 266 Å². The molecule has 0 fully saturated rings. The van der Waals surface area contributed by atoms with Gasteiger partial charge in [-0.15, -0.1) is 0 Å². The van der Waals surface area contributed by atoms with E-state index >= 15 is 0 Å². The molecule has 420 valence electrons. The average Bonchev–Trinajstić information content (AvgIpc) is 1.48. The summed E-state index contributed by atoms with van der Waals surface area (Å²) < 4.78 is 0. The van der Waals surface area contributed by atoms with E-state index in [1.807, 2.05) is 18.2 Å². The van der Waals surface area contributed by atoms with Crippen LogP contribution in [0.2, 0.25) is 10.3 Å². The fourth-order valence-corrected chi connectivity index (χ4v) is 13.2. The number of rotatable bonds is 6. The summed E-state index contributed by atoms with van der Waals surface area (Å²) in [5, 5.41) is 42.5. The molecule has 0 amide bonds. The Kier molecular flexibility index (Phi) is 14.6. The third-order valence-corrected chi connectivity index (χ3v) is 17.4. The zero-order valence-corrected chi connectivity index (χ0v) is 49.3. The van der Waals surface area contributed by atoms with Gasteiger partial charge in [0, 0.05) is 17.2 Å². The molecule has 17 rings (SSSR count). The molecular formula is C80H51BCl2N4O2. The van der Waals surface area contributed by atoms with Crippen LogP contribution < -0.4 is 5.46 Å². The van der Waals surface area contributed by atoms with Crippen molar-refractivity contribution < 1.29 is 10.0 Å². The smallest absolute Gasteiger partial charge is 0.423 e. The van der Waals surface area contributed by atoms with E-state index in [4.69, 9.17) is 33.2 Å². The summed E-state index contributed by atoms with van der Waals surface area (Å²) in [7, 11) is -1.46. The summed E-state index contributed by atoms with van der Waals surface area (Å²) >= 11 is 10.8. The third kappa shape index (κ3) is 10.5. The summed E-state index contributed by atoms with van der Waals surface area (Å²) in [5.41, 5.74) is 11.1. The molecule has 0 bridgehead atoms. The standard InChI is InChI=1S/C52H32N2.C24H17BO2.C4H2Cl2N2/c1-3-19-43-39(15-1)41-17-5-7-21-45(41)49-29-35(23-25-47(43)49)33-11-9-13-37(27-33)51-31-52(54-32-53-51)38-14-10-12-34(28-38)36-24-26-48-44-20-4-2-16-40(44)42-18-6-8-22-46(42)50(48)30-36;26-25(27)18-7-5-6-16(14-18)17-12-13-23-21-10-2-1-8-19(21)20-9-3-4-11-22(20)24(23)15-17;5-3-1-4(6)8-2-7-3/h1-32H;1-15,26-27H;1-2H. The Hall–Kier alpha value is -10.6. The number of hydrogen-bond acceptors (Lipinski definition) is 6. The topological polar surface area (TPSA) is 92.0 Å². The second-order valence-corrected chi connectivity index (χ2v) is 22.9. The van der Waals surface area contributed by atoms with E-state index in [1.54, 1.807) is 12.4 Å². The molecule has 2 N–H and O–H groups in total. The molecule has 17 aromatic rings. The number of aromatic nitrogens is 4. The minimum atomic E-state index is -1.46. The molecule has 6 nitrogen and oxygen atoms in total. The van der Waals surface area contributed by atoms with Crippen molar-refractivity contribution in [3.05, 3.63) is 308 Å². The van der Waals surface area contributed by atoms with Gasteiger partial charge in [0.1, 0.15) is 23.0 Å². The van der Waals surface area contributed by atoms with Crippen molar-refractivity contribution in [3.63, 3.8) is 0 Å². The highest BCUT2D eigenvalue weighted by Gasteiger charge is 2.16. The summed E-state index contributed by atoms with van der Waals surface area (Å²) in [6.45, 7) is 0. The first-order valence-electron chi connectivity index (χ1n) is 29.4. The quantitative estimate of drug-likeness (QED) is 0.0979. The van der Waals surface area contributed by atoms with Crippen LogP contribution >= 0.6 is 23.2 Å². The lowest BCUT2D eigenvalue weighted by Gasteiger charge is -2.13. The predicted octanol–water partition coefficient (Wildman–Crippen LogP) is 20.3. The Morgan fingerprint density at radius 3 is 0.775 bits per heavy atom. The minimum Gasteiger partial charge on any atom is -0.423 e. The Morgan fingerprint density at radius 2 is 0.472 bits per heavy atom. The van der Waals surface area contributed by atoms with E-state index in [0.717, 1.165) is 44.8 Å². The Bertz CT molecular complexity index is 5280. The Morgan fingerprint density at radius 1 is 0.213 bits per heavy atom. The van der Waals surface area contributed by atoms with Crippen molar-refractivity contribution in [2.24, 2.45) is 0 Å². The van der Waals surface area contributed by atoms with Crippen LogP contribution in [0.5, 0.6) is 0 Å². The highest BCUT2D eigenvalue weighted by Crippen LogP contribution is 2.41. The molecule has 0 atom stereocenters. The van der Waals surface area contributed by atoms with Crippen LogP contribution in [0.25, 0.3) is 153 Å². The van der Waals surface area contributed by atoms with Crippen LogP contribution in [0.1, 0.15) is 0 Å². The second-order valence-electron chi connectivity index (χ2n) is 22.2. The Labute approximate surface area is 523 Å². The molecule has 9 heteroatoms. The monoisotopic (exact) mass is 1180 g/mol. The van der Waals surface area contributed by atoms with E-state index in [0.29, 0.717) is 15.8 Å². The number of nitrogens with zero attached hydrogens (tertiary/aromatic N) is 4. The van der Waals surface area contributed by atoms with Crippen LogP contribution in [0.15, 0.2) is 298 Å². The van der Waals surface area contributed by atoms with Crippen LogP contribution in [-0.2, 0) is 0 Å². The van der Waals surface area contributed by atoms with E-state index in [9.17, 15) is 10.0 Å². The molecule has 2 aromatic heterocycles. The van der Waals surface area contributed by atoms with Gasteiger partial charge in [-0.25, -0.2) is 19.9 Å². The molecule has 0 aliphatic carbocycles. The fourth-order valence-electron chi connectivity index (χ4n) is 12.8. The van der Waals surface area contributed by atoms with Gasteiger partial charge in [-0.05, 0) is 172 Å². The largest absolute Gasteiger partial charge is 0.488 e. The summed E-state index contributed by atoms with van der Waals surface area (Å²) in [6, 6.07) is 101. The second kappa shape index (κ2) is 23.6. The highest BCUT2D eigenvalue weighted by molar-refractivity contribution is 6.58. The van der Waals surface area contributed by atoms with Crippen molar-refractivity contribution in [2.75, 3.05) is 0 Å². The maximum atomic E-state index is 9.48. The van der Waals surface area contributed by atoms with Gasteiger partial charge in [0.05, 0.1) is 11.4 Å². The third-order valence-electron chi connectivity index (χ3n) is 17.0. The molecule has 0 saturated heterocycles. The minimum absolute atomic E-state index is 0.366. The Balaban J connectivity index is 0.000000156. The molecule has 15 aromatic carbocycles. The van der Waals surface area contributed by atoms with Crippen molar-refractivity contribution in [1.82, 2.24) is 19.9 Å². The highest BCUT2D eigenvalue weighted by atomic mass is 35.5. The van der Waals surface area contributed by atoms with E-state index in [-0.39, 0.29) is 0 Å². The first kappa shape index (κ1) is 55.0. The van der Waals surface area contributed by atoms with Gasteiger partial charge in [0.2, 0.25) is 0 Å². The molecule has 0 aliphatic heterocycles. The number of hydrogen-bond donors (Lipinski definition) is 2. The molecular weight excluding hydrogens is 1130 g/mol. The van der Waals surface area contributed by atoms with Crippen molar-refractivity contribution in [1.29, 1.82) is 0 Å². The average molecular weight is 1180 g/mol. The number of halogens is 2. The van der Waals surface area contributed by atoms with Crippen LogP contribution in [0, 0.1) is 0 Å². The molecule has 2 heterocycles. The van der Waals surface area contributed by atoms with E-state index < -0.39 is 7.12 Å². The maximum absolute atomic E-state index is 9.48. The first-order valence-corrected chi connectivity index (χ1v) is 30.2. The number of benzene rings is 15. The van der Waals surface area contributed by atoms with Crippen LogP contribution in [0.3, 0.4) is 0 Å². The SMILES string of the molecule is Clc1cc(Cl)ncn1.OB(O)c1cccc(-c2ccc3c4ccccc4c4ccccc4c3c2)c1.c1cc(-c2ccc3c4ccccc4c4ccccc4c3c2)cc(-c2cc(-c3cccc(-c4ccc5c6ccccc6c6ccccc6c5c4)c3)ncn2)c1. The van der Waals surface area contributed by atoms with Gasteiger partial charge in [0.25, 0.3) is 0 Å². The molecule has 0 saturated carbocycles. The van der Waals surface area contributed by atoms with E-state index in [2.05, 4.69) is 265 Å². The molecule has 89 heavy (non-hydrogen) atoms. The van der Waals surface area contributed by atoms with Crippen molar-refractivity contribution in [2.45, 2.75) is 0 Å². The number of fused-ring (bicyclic) bond motifs is 18. The normalized spacial score (nSPS) is 11.4. The van der Waals surface area contributed by atoms with E-state index in [1.165, 1.54) is 120 Å². The fraction of sp³-hybridized carbons (Fsp3) is 0. The van der Waals surface area contributed by atoms with Gasteiger partial charge >= 0.3 is 7.12 Å². The van der Waals surface area contributed by atoms with Crippen molar-refractivity contribution >= 4 is 133 Å². The van der Waals surface area contributed by atoms with Gasteiger partial charge in [-0.2, -0.15) is 0 Å². The molecule has 0 unspecified atom stereocenters. The molecule has 0 spiro atoms. The summed E-state index contributed by atoms with van der Waals surface area (Å²) in [4.78, 5) is 16.7. The first-order chi connectivity index (χ1) is 43.8. The summed E-state index contributed by atoms with van der Waals surface area (Å²) in [5.74, 6) is 0. The van der Waals surface area contributed by atoms with Gasteiger partial charge < -0.3 is 10.0 Å². The predicted molar refractivity (Wildman–Crippen MR) is 375 cm³/mol. The molecule has 0 aliphatic rings. The lowest BCUT2D eigenvalue weighted by Crippen LogP contribution is -2.29. The van der Waals surface area contributed by atoms with Gasteiger partial charge in [-0.3, -0.25) is 0 Å². The zero-order chi connectivity index (χ0) is 60.0. The van der Waals surface area contributed by atoms with Crippen molar-refractivity contribution in [3.8, 4) is 55.9 Å². The maximum Gasteiger partial charge on any atom is 0.488 e. The van der Waals surface area contributed by atoms with Gasteiger partial charge in [0.15, 0.2) is 0 Å². The lowest BCUT2D eigenvalue weighted by molar-refractivity contribution is 0.426. The molecule has 0 radical (unpaired) electrons. The van der Waals surface area contributed by atoms with Crippen LogP contribution in [-0.4, -0.2) is 37.1 Å². The van der Waals surface area contributed by atoms with Crippen LogP contribution in [0.4, 0.5) is 0 Å². The summed E-state index contributed by atoms with van der Waals surface area (Å²) in [6.07, 6.45) is 3.00. The zero-order valence-electron chi connectivity index (χ0n) is 47.8.